The fraction of sp³-hybridized carbons (Fsp3) is 0.500. The quantitative estimate of drug-likeness (QED) is 0.633. The Hall–Kier alpha value is -0.680. The first-order valence-corrected chi connectivity index (χ1v) is 8.18. The summed E-state index contributed by atoms with van der Waals surface area (Å²) in [7, 11) is 1.45. The Labute approximate surface area is 126 Å². The van der Waals surface area contributed by atoms with Gasteiger partial charge in [0.15, 0.2) is 0 Å². The molecule has 0 radical (unpaired) electrons. The highest BCUT2D eigenvalue weighted by Crippen LogP contribution is 2.51. The maximum absolute atomic E-state index is 11.3. The average molecular weight is 344 g/mol. The van der Waals surface area contributed by atoms with Gasteiger partial charge in [0.1, 0.15) is 0 Å². The molecule has 2 rings (SSSR count). The molecule has 3 nitrogen and oxygen atoms in total. The second-order valence-electron chi connectivity index (χ2n) is 5.10. The minimum atomic E-state index is -0.0917. The van der Waals surface area contributed by atoms with E-state index in [0.717, 1.165) is 34.5 Å². The molecular weight excluding hydrogens is 326 g/mol. The van der Waals surface area contributed by atoms with E-state index in [1.807, 2.05) is 23.9 Å². The van der Waals surface area contributed by atoms with Gasteiger partial charge in [-0.3, -0.25) is 4.79 Å². The molecular formula is C14H18BrNO2S. The molecule has 0 bridgehead atoms. The molecule has 1 aliphatic rings. The lowest BCUT2D eigenvalue weighted by atomic mass is 10.1. The van der Waals surface area contributed by atoms with Gasteiger partial charge < -0.3 is 10.5 Å². The van der Waals surface area contributed by atoms with Crippen LogP contribution in [0.2, 0.25) is 0 Å². The van der Waals surface area contributed by atoms with E-state index >= 15 is 0 Å². The van der Waals surface area contributed by atoms with E-state index in [9.17, 15) is 4.79 Å². The normalized spacial score (nSPS) is 16.1. The molecule has 0 heterocycles. The monoisotopic (exact) mass is 343 g/mol. The van der Waals surface area contributed by atoms with E-state index in [2.05, 4.69) is 22.0 Å². The predicted molar refractivity (Wildman–Crippen MR) is 83.0 cm³/mol. The van der Waals surface area contributed by atoms with Crippen LogP contribution in [0, 0.1) is 5.41 Å². The second kappa shape index (κ2) is 6.18. The standard InChI is InChI=1S/C14H18BrNO2S/c1-18-13(17)7-14(4-5-14)9-19-8-10-2-3-11(15)12(16)6-10/h2-3,6H,4-5,7-9,16H2,1H3. The summed E-state index contributed by atoms with van der Waals surface area (Å²) in [5, 5.41) is 0. The number of thioether (sulfide) groups is 1. The van der Waals surface area contributed by atoms with Crippen LogP contribution in [0.25, 0.3) is 0 Å². The number of rotatable bonds is 6. The summed E-state index contributed by atoms with van der Waals surface area (Å²) in [4.78, 5) is 11.3. The molecule has 1 fully saturated rings. The molecule has 0 unspecified atom stereocenters. The number of nitrogens with two attached hydrogens (primary N) is 1. The number of methoxy groups -OCH3 is 1. The summed E-state index contributed by atoms with van der Waals surface area (Å²) in [6, 6.07) is 6.05. The first-order chi connectivity index (χ1) is 9.04. The topological polar surface area (TPSA) is 52.3 Å². The van der Waals surface area contributed by atoms with Crippen LogP contribution < -0.4 is 5.73 Å². The van der Waals surface area contributed by atoms with Gasteiger partial charge in [-0.05, 0) is 57.6 Å². The molecule has 1 aliphatic carbocycles. The second-order valence-corrected chi connectivity index (χ2v) is 6.94. The number of esters is 1. The lowest BCUT2D eigenvalue weighted by molar-refractivity contribution is -0.141. The number of benzene rings is 1. The Morgan fingerprint density at radius 1 is 1.53 bits per heavy atom. The molecule has 1 aromatic carbocycles. The van der Waals surface area contributed by atoms with Crippen molar-refractivity contribution in [2.45, 2.75) is 25.0 Å². The molecule has 1 saturated carbocycles. The van der Waals surface area contributed by atoms with Crippen LogP contribution in [0.5, 0.6) is 0 Å². The van der Waals surface area contributed by atoms with Gasteiger partial charge in [0.05, 0.1) is 13.5 Å². The summed E-state index contributed by atoms with van der Waals surface area (Å²) in [6.07, 6.45) is 2.83. The average Bonchev–Trinajstić information content (AvgIpc) is 3.13. The van der Waals surface area contributed by atoms with Crippen LogP contribution >= 0.6 is 27.7 Å². The van der Waals surface area contributed by atoms with Gasteiger partial charge in [-0.25, -0.2) is 0 Å². The molecule has 0 saturated heterocycles. The summed E-state index contributed by atoms with van der Waals surface area (Å²) in [6.45, 7) is 0. The van der Waals surface area contributed by atoms with Gasteiger partial charge in [0.2, 0.25) is 0 Å². The summed E-state index contributed by atoms with van der Waals surface area (Å²) < 4.78 is 5.69. The Balaban J connectivity index is 1.80. The van der Waals surface area contributed by atoms with Gasteiger partial charge >= 0.3 is 5.97 Å². The first kappa shape index (κ1) is 14.7. The Morgan fingerprint density at radius 2 is 2.26 bits per heavy atom. The Morgan fingerprint density at radius 3 is 2.84 bits per heavy atom. The summed E-state index contributed by atoms with van der Waals surface area (Å²) >= 11 is 5.26. The van der Waals surface area contributed by atoms with Gasteiger partial charge in [0, 0.05) is 15.9 Å². The highest BCUT2D eigenvalue weighted by Gasteiger charge is 2.44. The maximum Gasteiger partial charge on any atom is 0.306 e. The molecule has 0 amide bonds. The van der Waals surface area contributed by atoms with E-state index in [0.29, 0.717) is 6.42 Å². The number of anilines is 1. The minimum Gasteiger partial charge on any atom is -0.469 e. The van der Waals surface area contributed by atoms with E-state index in [1.165, 1.54) is 12.7 Å². The first-order valence-electron chi connectivity index (χ1n) is 6.23. The van der Waals surface area contributed by atoms with Crippen LogP contribution in [0.15, 0.2) is 22.7 Å². The van der Waals surface area contributed by atoms with Gasteiger partial charge in [-0.15, -0.1) is 0 Å². The van der Waals surface area contributed by atoms with Crippen molar-refractivity contribution >= 4 is 39.3 Å². The zero-order chi connectivity index (χ0) is 13.9. The third kappa shape index (κ3) is 4.14. The van der Waals surface area contributed by atoms with Crippen molar-refractivity contribution in [1.82, 2.24) is 0 Å². The Kier molecular flexibility index (Phi) is 4.79. The minimum absolute atomic E-state index is 0.0917. The highest BCUT2D eigenvalue weighted by atomic mass is 79.9. The van der Waals surface area contributed by atoms with E-state index < -0.39 is 0 Å². The summed E-state index contributed by atoms with van der Waals surface area (Å²) in [5.74, 6) is 1.85. The van der Waals surface area contributed by atoms with E-state index in [4.69, 9.17) is 10.5 Å². The van der Waals surface area contributed by atoms with Crippen LogP contribution in [-0.2, 0) is 15.3 Å². The number of ether oxygens (including phenoxy) is 1. The van der Waals surface area contributed by atoms with E-state index in [1.54, 1.807) is 0 Å². The van der Waals surface area contributed by atoms with Crippen molar-refractivity contribution in [2.75, 3.05) is 18.6 Å². The number of hydrogen-bond donors (Lipinski definition) is 1. The zero-order valence-corrected chi connectivity index (χ0v) is 13.4. The fourth-order valence-corrected chi connectivity index (χ4v) is 3.58. The van der Waals surface area contributed by atoms with Gasteiger partial charge in [-0.2, -0.15) is 11.8 Å². The van der Waals surface area contributed by atoms with Crippen LogP contribution in [0.4, 0.5) is 5.69 Å². The van der Waals surface area contributed by atoms with Crippen molar-refractivity contribution in [3.8, 4) is 0 Å². The third-order valence-electron chi connectivity index (χ3n) is 3.44. The smallest absolute Gasteiger partial charge is 0.306 e. The highest BCUT2D eigenvalue weighted by molar-refractivity contribution is 9.10. The van der Waals surface area contributed by atoms with Crippen LogP contribution in [-0.4, -0.2) is 18.8 Å². The lowest BCUT2D eigenvalue weighted by Crippen LogP contribution is -2.13. The molecule has 104 valence electrons. The lowest BCUT2D eigenvalue weighted by Gasteiger charge is -2.13. The molecule has 2 N–H and O–H groups in total. The fourth-order valence-electron chi connectivity index (χ4n) is 2.00. The van der Waals surface area contributed by atoms with Crippen molar-refractivity contribution in [3.05, 3.63) is 28.2 Å². The summed E-state index contributed by atoms with van der Waals surface area (Å²) in [5.41, 5.74) is 8.04. The predicted octanol–water partition coefficient (Wildman–Crippen LogP) is 3.61. The molecule has 0 atom stereocenters. The van der Waals surface area contributed by atoms with Crippen LogP contribution in [0.1, 0.15) is 24.8 Å². The molecule has 1 aromatic rings. The molecule has 0 spiro atoms. The van der Waals surface area contributed by atoms with Crippen LogP contribution in [0.3, 0.4) is 0 Å². The largest absolute Gasteiger partial charge is 0.469 e. The number of halogens is 1. The van der Waals surface area contributed by atoms with Crippen molar-refractivity contribution < 1.29 is 9.53 Å². The molecule has 19 heavy (non-hydrogen) atoms. The van der Waals surface area contributed by atoms with Crippen molar-refractivity contribution in [2.24, 2.45) is 5.41 Å². The number of carbonyl (C=O) groups is 1. The maximum atomic E-state index is 11.3. The number of carbonyl (C=O) groups excluding carboxylic acids is 1. The van der Waals surface area contributed by atoms with Gasteiger partial charge in [-0.1, -0.05) is 6.07 Å². The number of nitrogen functional groups attached to an aromatic ring is 1. The van der Waals surface area contributed by atoms with Crippen molar-refractivity contribution in [3.63, 3.8) is 0 Å². The SMILES string of the molecule is COC(=O)CC1(CSCc2ccc(Br)c(N)c2)CC1. The van der Waals surface area contributed by atoms with E-state index in [-0.39, 0.29) is 11.4 Å². The molecule has 5 heteroatoms. The zero-order valence-electron chi connectivity index (χ0n) is 10.9. The third-order valence-corrected chi connectivity index (χ3v) is 5.52. The number of hydrogen-bond acceptors (Lipinski definition) is 4. The molecule has 0 aromatic heterocycles. The Bertz CT molecular complexity index is 475. The van der Waals surface area contributed by atoms with Gasteiger partial charge in [0.25, 0.3) is 0 Å². The van der Waals surface area contributed by atoms with Crippen molar-refractivity contribution in [1.29, 1.82) is 0 Å². The molecule has 0 aliphatic heterocycles.